The minimum absolute atomic E-state index is 0.138. The summed E-state index contributed by atoms with van der Waals surface area (Å²) in [4.78, 5) is 28.7. The molecule has 0 unspecified atom stereocenters. The van der Waals surface area contributed by atoms with Gasteiger partial charge in [0.1, 0.15) is 0 Å². The van der Waals surface area contributed by atoms with Crippen LogP contribution in [0.15, 0.2) is 29.6 Å². The first-order chi connectivity index (χ1) is 12.0. The maximum Gasteiger partial charge on any atom is 0.307 e. The fraction of sp³-hybridized carbons (Fsp3) is 0.389. The van der Waals surface area contributed by atoms with Crippen LogP contribution >= 0.6 is 22.9 Å². The van der Waals surface area contributed by atoms with Gasteiger partial charge in [0.15, 0.2) is 5.13 Å². The summed E-state index contributed by atoms with van der Waals surface area (Å²) < 4.78 is 0. The van der Waals surface area contributed by atoms with Gasteiger partial charge in [0.05, 0.1) is 17.5 Å². The number of nitrogens with one attached hydrogen (secondary N) is 1. The number of hydrogen-bond donors (Lipinski definition) is 2. The topological polar surface area (TPSA) is 79.3 Å². The van der Waals surface area contributed by atoms with Crippen LogP contribution in [0.2, 0.25) is 5.02 Å². The van der Waals surface area contributed by atoms with Gasteiger partial charge in [-0.15, -0.1) is 11.3 Å². The van der Waals surface area contributed by atoms with Gasteiger partial charge in [0.2, 0.25) is 5.91 Å². The number of halogens is 1. The van der Waals surface area contributed by atoms with Crippen molar-refractivity contribution in [2.45, 2.75) is 19.3 Å². The Morgan fingerprint density at radius 1 is 1.16 bits per heavy atom. The van der Waals surface area contributed by atoms with Gasteiger partial charge >= 0.3 is 5.97 Å². The highest BCUT2D eigenvalue weighted by atomic mass is 35.5. The van der Waals surface area contributed by atoms with E-state index in [0.29, 0.717) is 10.2 Å². The highest BCUT2D eigenvalue weighted by Crippen LogP contribution is 2.52. The SMILES string of the molecule is O=C(O)[C@H]1[C@@H]2CC[C@@H](C2)[C@@H]1C(=O)Nc1nc(-c2ccc(Cl)cc2)cs1. The Labute approximate surface area is 154 Å². The second-order valence-corrected chi connectivity index (χ2v) is 8.05. The zero-order valence-electron chi connectivity index (χ0n) is 13.3. The lowest BCUT2D eigenvalue weighted by Gasteiger charge is -2.26. The van der Waals surface area contributed by atoms with E-state index >= 15 is 0 Å². The normalized spacial score (nSPS) is 27.4. The number of amides is 1. The fourth-order valence-corrected chi connectivity index (χ4v) is 5.15. The molecule has 2 bridgehead atoms. The number of carbonyl (C=O) groups is 2. The molecule has 2 fully saturated rings. The molecule has 4 atom stereocenters. The summed E-state index contributed by atoms with van der Waals surface area (Å²) in [6, 6.07) is 7.33. The summed E-state index contributed by atoms with van der Waals surface area (Å²) in [6.45, 7) is 0. The van der Waals surface area contributed by atoms with Crippen LogP contribution in [-0.2, 0) is 9.59 Å². The van der Waals surface area contributed by atoms with Crippen molar-refractivity contribution in [3.63, 3.8) is 0 Å². The number of carboxylic acid groups (broad SMARTS) is 1. The standard InChI is InChI=1S/C18H17ClN2O3S/c19-12-5-3-9(4-6-12)13-8-25-18(20-13)21-16(22)14-10-1-2-11(7-10)15(14)17(23)24/h3-6,8,10-11,14-15H,1-2,7H2,(H,23,24)(H,20,21,22)/t10-,11+,14-,15-/m0/s1. The molecule has 1 aromatic heterocycles. The van der Waals surface area contributed by atoms with Gasteiger partial charge in [-0.05, 0) is 43.2 Å². The monoisotopic (exact) mass is 376 g/mol. The number of benzene rings is 1. The lowest BCUT2D eigenvalue weighted by atomic mass is 9.79. The molecule has 0 saturated heterocycles. The number of carboxylic acids is 1. The molecule has 2 N–H and O–H groups in total. The molecule has 0 aliphatic heterocycles. The van der Waals surface area contributed by atoms with E-state index in [1.807, 2.05) is 17.5 Å². The van der Waals surface area contributed by atoms with Crippen molar-refractivity contribution in [3.05, 3.63) is 34.7 Å². The van der Waals surface area contributed by atoms with Crippen LogP contribution in [0.3, 0.4) is 0 Å². The Morgan fingerprint density at radius 2 is 1.84 bits per heavy atom. The predicted molar refractivity (Wildman–Crippen MR) is 96.6 cm³/mol. The second kappa shape index (κ2) is 6.42. The van der Waals surface area contributed by atoms with Crippen molar-refractivity contribution in [3.8, 4) is 11.3 Å². The Kier molecular flexibility index (Phi) is 4.25. The second-order valence-electron chi connectivity index (χ2n) is 6.76. The first kappa shape index (κ1) is 16.5. The first-order valence-electron chi connectivity index (χ1n) is 8.28. The molecule has 1 heterocycles. The van der Waals surface area contributed by atoms with Gasteiger partial charge < -0.3 is 10.4 Å². The van der Waals surface area contributed by atoms with E-state index in [2.05, 4.69) is 10.3 Å². The molecule has 7 heteroatoms. The number of aliphatic carboxylic acids is 1. The van der Waals surface area contributed by atoms with Gasteiger partial charge in [-0.2, -0.15) is 0 Å². The molecule has 2 saturated carbocycles. The molecular weight excluding hydrogens is 360 g/mol. The van der Waals surface area contributed by atoms with Crippen molar-refractivity contribution >= 4 is 39.9 Å². The molecule has 5 nitrogen and oxygen atoms in total. The van der Waals surface area contributed by atoms with Gasteiger partial charge in [-0.3, -0.25) is 9.59 Å². The van der Waals surface area contributed by atoms with Crippen LogP contribution in [0, 0.1) is 23.7 Å². The summed E-state index contributed by atoms with van der Waals surface area (Å²) in [7, 11) is 0. The van der Waals surface area contributed by atoms with Gasteiger partial charge in [0.25, 0.3) is 0 Å². The molecule has 0 radical (unpaired) electrons. The number of hydrogen-bond acceptors (Lipinski definition) is 4. The van der Waals surface area contributed by atoms with E-state index in [1.165, 1.54) is 11.3 Å². The van der Waals surface area contributed by atoms with Crippen LogP contribution in [0.25, 0.3) is 11.3 Å². The fourth-order valence-electron chi connectivity index (χ4n) is 4.30. The Bertz CT molecular complexity index is 820. The molecular formula is C18H17ClN2O3S. The summed E-state index contributed by atoms with van der Waals surface area (Å²) in [5.41, 5.74) is 1.68. The molecule has 1 amide bonds. The van der Waals surface area contributed by atoms with Crippen LogP contribution in [0.1, 0.15) is 19.3 Å². The average Bonchev–Trinajstić information content (AvgIpc) is 3.30. The summed E-state index contributed by atoms with van der Waals surface area (Å²) >= 11 is 7.24. The average molecular weight is 377 g/mol. The summed E-state index contributed by atoms with van der Waals surface area (Å²) in [6.07, 6.45) is 2.72. The van der Waals surface area contributed by atoms with E-state index in [9.17, 15) is 14.7 Å². The molecule has 130 valence electrons. The molecule has 1 aromatic carbocycles. The van der Waals surface area contributed by atoms with Crippen molar-refractivity contribution in [2.75, 3.05) is 5.32 Å². The Morgan fingerprint density at radius 3 is 2.52 bits per heavy atom. The van der Waals surface area contributed by atoms with Crippen LogP contribution < -0.4 is 5.32 Å². The minimum Gasteiger partial charge on any atom is -0.481 e. The largest absolute Gasteiger partial charge is 0.481 e. The first-order valence-corrected chi connectivity index (χ1v) is 9.54. The lowest BCUT2D eigenvalue weighted by molar-refractivity contribution is -0.148. The van der Waals surface area contributed by atoms with Crippen molar-refractivity contribution in [1.29, 1.82) is 0 Å². The van der Waals surface area contributed by atoms with E-state index in [0.717, 1.165) is 30.5 Å². The van der Waals surface area contributed by atoms with Crippen molar-refractivity contribution in [2.24, 2.45) is 23.7 Å². The maximum absolute atomic E-state index is 12.7. The van der Waals surface area contributed by atoms with Gasteiger partial charge in [0, 0.05) is 16.0 Å². The van der Waals surface area contributed by atoms with Crippen LogP contribution in [0.5, 0.6) is 0 Å². The van der Waals surface area contributed by atoms with Gasteiger partial charge in [-0.25, -0.2) is 4.98 Å². The third-order valence-electron chi connectivity index (χ3n) is 5.38. The molecule has 25 heavy (non-hydrogen) atoms. The quantitative estimate of drug-likeness (QED) is 0.840. The van der Waals surface area contributed by atoms with Crippen molar-refractivity contribution in [1.82, 2.24) is 4.98 Å². The maximum atomic E-state index is 12.7. The summed E-state index contributed by atoms with van der Waals surface area (Å²) in [5.74, 6) is -1.75. The highest BCUT2D eigenvalue weighted by molar-refractivity contribution is 7.14. The summed E-state index contributed by atoms with van der Waals surface area (Å²) in [5, 5.41) is 15.4. The predicted octanol–water partition coefficient (Wildman–Crippen LogP) is 4.15. The number of rotatable bonds is 4. The molecule has 2 aliphatic rings. The van der Waals surface area contributed by atoms with Crippen LogP contribution in [0.4, 0.5) is 5.13 Å². The molecule has 2 aliphatic carbocycles. The lowest BCUT2D eigenvalue weighted by Crippen LogP contribution is -2.37. The number of carbonyl (C=O) groups excluding carboxylic acids is 1. The number of fused-ring (bicyclic) bond motifs is 2. The smallest absolute Gasteiger partial charge is 0.307 e. The zero-order chi connectivity index (χ0) is 17.6. The third kappa shape index (κ3) is 3.04. The van der Waals surface area contributed by atoms with Crippen molar-refractivity contribution < 1.29 is 14.7 Å². The molecule has 2 aromatic rings. The Hall–Kier alpha value is -1.92. The number of anilines is 1. The zero-order valence-corrected chi connectivity index (χ0v) is 14.9. The number of thiazole rings is 1. The van der Waals surface area contributed by atoms with Crippen LogP contribution in [-0.4, -0.2) is 22.0 Å². The third-order valence-corrected chi connectivity index (χ3v) is 6.39. The molecule has 0 spiro atoms. The van der Waals surface area contributed by atoms with Gasteiger partial charge in [-0.1, -0.05) is 23.7 Å². The van der Waals surface area contributed by atoms with E-state index in [1.54, 1.807) is 12.1 Å². The Balaban J connectivity index is 1.50. The number of nitrogens with zero attached hydrogens (tertiary/aromatic N) is 1. The van der Waals surface area contributed by atoms with E-state index < -0.39 is 17.8 Å². The minimum atomic E-state index is -0.853. The number of aromatic nitrogens is 1. The van der Waals surface area contributed by atoms with E-state index in [-0.39, 0.29) is 17.7 Å². The molecule has 4 rings (SSSR count). The van der Waals surface area contributed by atoms with E-state index in [4.69, 9.17) is 11.6 Å². The highest BCUT2D eigenvalue weighted by Gasteiger charge is 2.54.